The number of carbonyl (C=O) groups excluding carboxylic acids is 1. The van der Waals surface area contributed by atoms with Crippen LogP contribution < -0.4 is 10.0 Å². The number of nitrogens with one attached hydrogen (secondary N) is 2. The number of nitrogens with zero attached hydrogens (tertiary/aromatic N) is 2. The molecule has 0 aliphatic carbocycles. The van der Waals surface area contributed by atoms with Gasteiger partial charge in [-0.05, 0) is 55.6 Å². The van der Waals surface area contributed by atoms with Crippen LogP contribution in [0.3, 0.4) is 0 Å². The van der Waals surface area contributed by atoms with E-state index in [4.69, 9.17) is 5.26 Å². The number of halogens is 4. The zero-order chi connectivity index (χ0) is 22.1. The first-order valence-electron chi connectivity index (χ1n) is 8.68. The molecule has 0 bridgehead atoms. The highest BCUT2D eigenvalue weighted by atomic mass is 32.2. The van der Waals surface area contributed by atoms with Gasteiger partial charge in [0, 0.05) is 12.2 Å². The Bertz CT molecular complexity index is 1060. The van der Waals surface area contributed by atoms with Crippen LogP contribution in [-0.4, -0.2) is 23.1 Å². The van der Waals surface area contributed by atoms with Gasteiger partial charge in [-0.25, -0.2) is 9.11 Å². The topological polar surface area (TPSA) is 79.1 Å². The minimum absolute atomic E-state index is 0.203. The summed E-state index contributed by atoms with van der Waals surface area (Å²) in [5.41, 5.74) is 1.59. The lowest BCUT2D eigenvalue weighted by atomic mass is 10.2. The standard InChI is InChI=1S/C19H16F4N4O2S/c1-10-16(18(28)25-13-5-6-14(20)12(8-13)9-24)27-7-3-4-15(27)17(10)30-26-11(2)29-19(21,22)23/h3-6,8,11,26H,7H2,1-2H3,(H,25,28). The van der Waals surface area contributed by atoms with Crippen LogP contribution in [0.15, 0.2) is 29.2 Å². The summed E-state index contributed by atoms with van der Waals surface area (Å²) in [6, 6.07) is 5.35. The van der Waals surface area contributed by atoms with Crippen molar-refractivity contribution in [2.24, 2.45) is 0 Å². The Hall–Kier alpha value is -2.81. The average Bonchev–Trinajstić information content (AvgIpc) is 3.20. The molecular weight excluding hydrogens is 424 g/mol. The fraction of sp³-hybridized carbons (Fsp3) is 0.263. The number of hydrogen-bond donors (Lipinski definition) is 2. The third-order valence-corrected chi connectivity index (χ3v) is 5.42. The normalized spacial score (nSPS) is 13.8. The first-order valence-corrected chi connectivity index (χ1v) is 9.50. The van der Waals surface area contributed by atoms with Gasteiger partial charge in [0.25, 0.3) is 5.91 Å². The van der Waals surface area contributed by atoms with E-state index in [0.29, 0.717) is 28.4 Å². The zero-order valence-corrected chi connectivity index (χ0v) is 16.6. The number of aromatic nitrogens is 1. The maximum absolute atomic E-state index is 13.5. The number of rotatable bonds is 6. The number of ether oxygens (including phenoxy) is 1. The van der Waals surface area contributed by atoms with Gasteiger partial charge in [-0.3, -0.25) is 9.53 Å². The van der Waals surface area contributed by atoms with Crippen molar-refractivity contribution in [1.82, 2.24) is 9.29 Å². The van der Waals surface area contributed by atoms with Crippen LogP contribution in [-0.2, 0) is 11.3 Å². The molecule has 11 heteroatoms. The number of anilines is 1. The molecule has 0 spiro atoms. The van der Waals surface area contributed by atoms with Crippen LogP contribution in [0.25, 0.3) is 6.08 Å². The van der Waals surface area contributed by atoms with Crippen molar-refractivity contribution in [3.63, 3.8) is 0 Å². The molecule has 0 saturated carbocycles. The zero-order valence-electron chi connectivity index (χ0n) is 15.8. The highest BCUT2D eigenvalue weighted by Crippen LogP contribution is 2.35. The van der Waals surface area contributed by atoms with E-state index in [1.807, 2.05) is 6.08 Å². The third-order valence-electron chi connectivity index (χ3n) is 4.25. The molecule has 2 N–H and O–H groups in total. The SMILES string of the molecule is Cc1c(SNC(C)OC(F)(F)F)c2n(c1C(=O)Nc1ccc(F)c(C#N)c1)CC=C2. The molecule has 1 amide bonds. The van der Waals surface area contributed by atoms with Gasteiger partial charge < -0.3 is 9.88 Å². The molecule has 1 aliphatic rings. The monoisotopic (exact) mass is 440 g/mol. The summed E-state index contributed by atoms with van der Waals surface area (Å²) in [6.45, 7) is 3.32. The molecule has 1 aromatic carbocycles. The quantitative estimate of drug-likeness (QED) is 0.391. The molecule has 0 radical (unpaired) electrons. The van der Waals surface area contributed by atoms with Crippen LogP contribution in [0.1, 0.15) is 34.2 Å². The number of hydrogen-bond acceptors (Lipinski definition) is 5. The number of allylic oxidation sites excluding steroid dienone is 1. The molecule has 0 saturated heterocycles. The molecule has 30 heavy (non-hydrogen) atoms. The molecule has 1 atom stereocenters. The van der Waals surface area contributed by atoms with Gasteiger partial charge in [-0.15, -0.1) is 13.2 Å². The van der Waals surface area contributed by atoms with Gasteiger partial charge in [0.05, 0.1) is 16.2 Å². The molecular formula is C19H16F4N4O2S. The largest absolute Gasteiger partial charge is 0.524 e. The van der Waals surface area contributed by atoms with E-state index < -0.39 is 24.3 Å². The maximum Gasteiger partial charge on any atom is 0.524 e. The number of fused-ring (bicyclic) bond motifs is 1. The maximum atomic E-state index is 13.5. The number of carbonyl (C=O) groups is 1. The first-order chi connectivity index (χ1) is 14.1. The van der Waals surface area contributed by atoms with Crippen LogP contribution in [0.2, 0.25) is 0 Å². The predicted octanol–water partition coefficient (Wildman–Crippen LogP) is 4.57. The molecule has 158 valence electrons. The van der Waals surface area contributed by atoms with Crippen LogP contribution >= 0.6 is 11.9 Å². The van der Waals surface area contributed by atoms with Crippen LogP contribution in [0.5, 0.6) is 0 Å². The summed E-state index contributed by atoms with van der Waals surface area (Å²) in [5.74, 6) is -1.18. The Morgan fingerprint density at radius 1 is 1.40 bits per heavy atom. The number of amides is 1. The second kappa shape index (κ2) is 8.51. The van der Waals surface area contributed by atoms with E-state index in [0.717, 1.165) is 18.0 Å². The molecule has 1 unspecified atom stereocenters. The van der Waals surface area contributed by atoms with Gasteiger partial charge >= 0.3 is 6.36 Å². The van der Waals surface area contributed by atoms with Gasteiger partial charge in [-0.1, -0.05) is 6.08 Å². The lowest BCUT2D eigenvalue weighted by molar-refractivity contribution is -0.341. The van der Waals surface area contributed by atoms with Crippen LogP contribution in [0.4, 0.5) is 23.2 Å². The third kappa shape index (κ3) is 4.67. The Morgan fingerprint density at radius 3 is 2.80 bits per heavy atom. The van der Waals surface area contributed by atoms with E-state index in [1.54, 1.807) is 23.6 Å². The first kappa shape index (κ1) is 21.9. The number of nitriles is 1. The van der Waals surface area contributed by atoms with E-state index >= 15 is 0 Å². The molecule has 0 fully saturated rings. The van der Waals surface area contributed by atoms with Gasteiger partial charge in [-0.2, -0.15) is 5.26 Å². The number of benzene rings is 1. The lowest BCUT2D eigenvalue weighted by Crippen LogP contribution is -2.30. The molecule has 3 rings (SSSR count). The minimum atomic E-state index is -4.77. The fourth-order valence-electron chi connectivity index (χ4n) is 3.04. The van der Waals surface area contributed by atoms with Gasteiger partial charge in [0.2, 0.25) is 0 Å². The Morgan fingerprint density at radius 2 is 2.13 bits per heavy atom. The minimum Gasteiger partial charge on any atom is -0.332 e. The molecule has 2 heterocycles. The second-order valence-corrected chi connectivity index (χ2v) is 7.24. The smallest absolute Gasteiger partial charge is 0.332 e. The van der Waals surface area contributed by atoms with Crippen molar-refractivity contribution >= 4 is 29.6 Å². The van der Waals surface area contributed by atoms with E-state index in [1.165, 1.54) is 19.1 Å². The molecule has 1 aromatic heterocycles. The number of alkyl halides is 3. The Balaban J connectivity index is 1.82. The second-order valence-electron chi connectivity index (χ2n) is 6.39. The summed E-state index contributed by atoms with van der Waals surface area (Å²) < 4.78 is 58.7. The summed E-state index contributed by atoms with van der Waals surface area (Å²) >= 11 is 0.934. The molecule has 1 aliphatic heterocycles. The van der Waals surface area contributed by atoms with Gasteiger partial charge in [0.15, 0.2) is 0 Å². The highest BCUT2D eigenvalue weighted by molar-refractivity contribution is 7.97. The Kier molecular flexibility index (Phi) is 6.21. The van der Waals surface area contributed by atoms with Crippen molar-refractivity contribution in [3.05, 3.63) is 52.6 Å². The van der Waals surface area contributed by atoms with Crippen molar-refractivity contribution < 1.29 is 27.1 Å². The van der Waals surface area contributed by atoms with E-state index in [2.05, 4.69) is 14.8 Å². The summed E-state index contributed by atoms with van der Waals surface area (Å²) in [5, 5.41) is 11.6. The highest BCUT2D eigenvalue weighted by Gasteiger charge is 2.32. The van der Waals surface area contributed by atoms with Crippen molar-refractivity contribution in [2.75, 3.05) is 5.32 Å². The van der Waals surface area contributed by atoms with Crippen molar-refractivity contribution in [3.8, 4) is 6.07 Å². The lowest BCUT2D eigenvalue weighted by Gasteiger charge is -2.16. The van der Waals surface area contributed by atoms with Crippen molar-refractivity contribution in [2.45, 2.75) is 37.9 Å². The fourth-order valence-corrected chi connectivity index (χ4v) is 3.90. The molecule has 6 nitrogen and oxygen atoms in total. The summed E-state index contributed by atoms with van der Waals surface area (Å²) in [4.78, 5) is 13.5. The van der Waals surface area contributed by atoms with E-state index in [9.17, 15) is 22.4 Å². The summed E-state index contributed by atoms with van der Waals surface area (Å²) in [6.07, 6.45) is -2.49. The van der Waals surface area contributed by atoms with Gasteiger partial charge in [0.1, 0.15) is 23.8 Å². The Labute approximate surface area is 173 Å². The van der Waals surface area contributed by atoms with Crippen molar-refractivity contribution in [1.29, 1.82) is 5.26 Å². The summed E-state index contributed by atoms with van der Waals surface area (Å²) in [7, 11) is 0. The molecule has 2 aromatic rings. The van der Waals surface area contributed by atoms with E-state index in [-0.39, 0.29) is 11.3 Å². The van der Waals surface area contributed by atoms with Crippen LogP contribution in [0, 0.1) is 24.1 Å². The average molecular weight is 440 g/mol. The predicted molar refractivity (Wildman–Crippen MR) is 103 cm³/mol.